The summed E-state index contributed by atoms with van der Waals surface area (Å²) in [5, 5.41) is 0. The van der Waals surface area contributed by atoms with Gasteiger partial charge in [-0.15, -0.1) is 0 Å². The third-order valence-corrected chi connectivity index (χ3v) is 3.13. The molecule has 0 aromatic heterocycles. The average molecular weight is 257 g/mol. The molecule has 1 atom stereocenters. The van der Waals surface area contributed by atoms with Gasteiger partial charge in [0.2, 0.25) is 11.8 Å². The minimum absolute atomic E-state index is 0.00174. The number of rotatable bonds is 8. The van der Waals surface area contributed by atoms with E-state index in [1.165, 1.54) is 4.90 Å². The van der Waals surface area contributed by atoms with E-state index >= 15 is 0 Å². The van der Waals surface area contributed by atoms with Crippen LogP contribution in [0.5, 0.6) is 0 Å². The van der Waals surface area contributed by atoms with Crippen LogP contribution in [0.4, 0.5) is 0 Å². The molecule has 0 aliphatic heterocycles. The maximum Gasteiger partial charge on any atom is 0.242 e. The first kappa shape index (κ1) is 16.9. The molecule has 0 rings (SSSR count). The van der Waals surface area contributed by atoms with E-state index in [0.717, 1.165) is 12.8 Å². The maximum atomic E-state index is 12.0. The Labute approximate surface area is 110 Å². The van der Waals surface area contributed by atoms with Crippen LogP contribution in [0.2, 0.25) is 0 Å². The highest BCUT2D eigenvalue weighted by atomic mass is 16.2. The van der Waals surface area contributed by atoms with E-state index in [0.29, 0.717) is 19.6 Å². The van der Waals surface area contributed by atoms with E-state index in [9.17, 15) is 9.59 Å². The highest BCUT2D eigenvalue weighted by Gasteiger charge is 2.20. The zero-order valence-electron chi connectivity index (χ0n) is 12.1. The van der Waals surface area contributed by atoms with Crippen molar-refractivity contribution in [2.24, 2.45) is 11.7 Å². The van der Waals surface area contributed by atoms with E-state index in [1.54, 1.807) is 11.9 Å². The summed E-state index contributed by atoms with van der Waals surface area (Å²) >= 11 is 0. The third kappa shape index (κ3) is 5.49. The van der Waals surface area contributed by atoms with Crippen LogP contribution in [-0.2, 0) is 9.59 Å². The molecule has 0 bridgehead atoms. The van der Waals surface area contributed by atoms with Crippen LogP contribution >= 0.6 is 0 Å². The van der Waals surface area contributed by atoms with Crippen molar-refractivity contribution in [1.29, 1.82) is 0 Å². The molecule has 2 N–H and O–H groups in total. The van der Waals surface area contributed by atoms with Gasteiger partial charge in [0.25, 0.3) is 0 Å². The van der Waals surface area contributed by atoms with Crippen LogP contribution in [0, 0.1) is 5.92 Å². The smallest absolute Gasteiger partial charge is 0.242 e. The lowest BCUT2D eigenvalue weighted by molar-refractivity contribution is -0.141. The topological polar surface area (TPSA) is 66.6 Å². The molecule has 0 heterocycles. The molecule has 18 heavy (non-hydrogen) atoms. The fourth-order valence-electron chi connectivity index (χ4n) is 1.88. The van der Waals surface area contributed by atoms with Crippen molar-refractivity contribution in [1.82, 2.24) is 9.80 Å². The quantitative estimate of drug-likeness (QED) is 0.695. The van der Waals surface area contributed by atoms with Gasteiger partial charge in [0.05, 0.1) is 6.54 Å². The van der Waals surface area contributed by atoms with Gasteiger partial charge in [0.15, 0.2) is 0 Å². The van der Waals surface area contributed by atoms with Gasteiger partial charge in [-0.1, -0.05) is 6.92 Å². The first-order valence-electron chi connectivity index (χ1n) is 6.70. The van der Waals surface area contributed by atoms with Crippen molar-refractivity contribution in [3.05, 3.63) is 0 Å². The predicted octanol–water partition coefficient (Wildman–Crippen LogP) is 0.688. The Balaban J connectivity index is 4.26. The van der Waals surface area contributed by atoms with E-state index in [4.69, 9.17) is 5.73 Å². The molecule has 5 nitrogen and oxygen atoms in total. The summed E-state index contributed by atoms with van der Waals surface area (Å²) in [6.45, 7) is 7.88. The molecule has 0 radical (unpaired) electrons. The Bertz CT molecular complexity index is 265. The molecule has 0 saturated heterocycles. The molecule has 2 amide bonds. The van der Waals surface area contributed by atoms with Gasteiger partial charge in [0.1, 0.15) is 0 Å². The van der Waals surface area contributed by atoms with Gasteiger partial charge in [-0.25, -0.2) is 0 Å². The number of hydrogen-bond donors (Lipinski definition) is 1. The van der Waals surface area contributed by atoms with Gasteiger partial charge in [-0.3, -0.25) is 9.59 Å². The molecule has 0 aromatic carbocycles. The summed E-state index contributed by atoms with van der Waals surface area (Å²) < 4.78 is 0. The van der Waals surface area contributed by atoms with Crippen LogP contribution in [0.1, 0.15) is 33.6 Å². The second-order valence-corrected chi connectivity index (χ2v) is 4.59. The highest BCUT2D eigenvalue weighted by Crippen LogP contribution is 2.08. The van der Waals surface area contributed by atoms with Gasteiger partial charge in [0, 0.05) is 26.1 Å². The number of carbonyl (C=O) groups is 2. The summed E-state index contributed by atoms with van der Waals surface area (Å²) in [4.78, 5) is 27.1. The molecule has 0 aliphatic rings. The fourth-order valence-corrected chi connectivity index (χ4v) is 1.88. The minimum Gasteiger partial charge on any atom is -0.342 e. The lowest BCUT2D eigenvalue weighted by atomic mass is 10.0. The maximum absolute atomic E-state index is 12.0. The van der Waals surface area contributed by atoms with Gasteiger partial charge in [-0.05, 0) is 33.2 Å². The largest absolute Gasteiger partial charge is 0.342 e. The van der Waals surface area contributed by atoms with Crippen LogP contribution in [0.25, 0.3) is 0 Å². The molecular formula is C13H27N3O2. The number of amides is 2. The molecule has 0 spiro atoms. The zero-order valence-corrected chi connectivity index (χ0v) is 12.1. The van der Waals surface area contributed by atoms with Gasteiger partial charge in [-0.2, -0.15) is 0 Å². The lowest BCUT2D eigenvalue weighted by Crippen LogP contribution is -2.42. The number of likely N-dealkylation sites (N-methyl/N-ethyl adjacent to an activating group) is 2. The van der Waals surface area contributed by atoms with Crippen LogP contribution in [0.15, 0.2) is 0 Å². The number of nitrogens with zero attached hydrogens (tertiary/aromatic N) is 2. The first-order valence-corrected chi connectivity index (χ1v) is 6.70. The number of carbonyl (C=O) groups excluding carboxylic acids is 2. The summed E-state index contributed by atoms with van der Waals surface area (Å²) in [5.74, 6) is -0.0473. The van der Waals surface area contributed by atoms with Crippen LogP contribution in [0.3, 0.4) is 0 Å². The molecular weight excluding hydrogens is 230 g/mol. The summed E-state index contributed by atoms with van der Waals surface area (Å²) in [6.07, 6.45) is 1.61. The Kier molecular flexibility index (Phi) is 8.37. The van der Waals surface area contributed by atoms with E-state index in [1.807, 2.05) is 20.8 Å². The Morgan fingerprint density at radius 3 is 2.22 bits per heavy atom. The second-order valence-electron chi connectivity index (χ2n) is 4.59. The average Bonchev–Trinajstić information content (AvgIpc) is 2.36. The van der Waals surface area contributed by atoms with Crippen molar-refractivity contribution < 1.29 is 9.59 Å². The van der Waals surface area contributed by atoms with Crippen molar-refractivity contribution >= 4 is 11.8 Å². The normalized spacial score (nSPS) is 12.1. The Morgan fingerprint density at radius 1 is 1.22 bits per heavy atom. The molecule has 1 unspecified atom stereocenters. The molecule has 0 aromatic rings. The molecule has 0 aliphatic carbocycles. The highest BCUT2D eigenvalue weighted by molar-refractivity contribution is 5.85. The Morgan fingerprint density at radius 2 is 1.78 bits per heavy atom. The molecule has 106 valence electrons. The van der Waals surface area contributed by atoms with E-state index in [2.05, 4.69) is 0 Å². The minimum atomic E-state index is -0.0666. The second kappa shape index (κ2) is 8.91. The van der Waals surface area contributed by atoms with Gasteiger partial charge >= 0.3 is 0 Å². The fraction of sp³-hybridized carbons (Fsp3) is 0.846. The van der Waals surface area contributed by atoms with Crippen LogP contribution in [-0.4, -0.2) is 54.8 Å². The van der Waals surface area contributed by atoms with E-state index < -0.39 is 0 Å². The molecule has 0 fully saturated rings. The number of nitrogens with two attached hydrogens (primary N) is 1. The van der Waals surface area contributed by atoms with Crippen molar-refractivity contribution in [2.45, 2.75) is 33.6 Å². The predicted molar refractivity (Wildman–Crippen MR) is 73.0 cm³/mol. The van der Waals surface area contributed by atoms with Crippen molar-refractivity contribution in [3.63, 3.8) is 0 Å². The summed E-state index contributed by atoms with van der Waals surface area (Å²) in [5.41, 5.74) is 5.42. The summed E-state index contributed by atoms with van der Waals surface area (Å²) in [7, 11) is 1.68. The van der Waals surface area contributed by atoms with Crippen LogP contribution < -0.4 is 5.73 Å². The standard InChI is InChI=1S/C13H27N3O2/c1-5-16(6-2)12(17)10-15(4)13(18)11(3)8-7-9-14/h11H,5-10,14H2,1-4H3. The third-order valence-electron chi connectivity index (χ3n) is 3.13. The molecule has 0 saturated carbocycles. The lowest BCUT2D eigenvalue weighted by Gasteiger charge is -2.25. The first-order chi connectivity index (χ1) is 8.47. The molecule has 5 heteroatoms. The van der Waals surface area contributed by atoms with Gasteiger partial charge < -0.3 is 15.5 Å². The SMILES string of the molecule is CCN(CC)C(=O)CN(C)C(=O)C(C)CCCN. The zero-order chi connectivity index (χ0) is 14.1. The summed E-state index contributed by atoms with van der Waals surface area (Å²) in [6, 6.07) is 0. The van der Waals surface area contributed by atoms with Crippen molar-refractivity contribution in [2.75, 3.05) is 33.2 Å². The van der Waals surface area contributed by atoms with E-state index in [-0.39, 0.29) is 24.3 Å². The monoisotopic (exact) mass is 257 g/mol. The Hall–Kier alpha value is -1.10. The van der Waals surface area contributed by atoms with Crippen molar-refractivity contribution in [3.8, 4) is 0 Å². The number of hydrogen-bond acceptors (Lipinski definition) is 3.